The summed E-state index contributed by atoms with van der Waals surface area (Å²) in [6, 6.07) is 9.15. The molecule has 0 spiro atoms. The Balaban J connectivity index is 2.17. The zero-order valence-electron chi connectivity index (χ0n) is 12.8. The first-order valence-electron chi connectivity index (χ1n) is 7.82. The maximum absolute atomic E-state index is 12.6. The number of hydrogen-bond donors (Lipinski definition) is 1. The summed E-state index contributed by atoms with van der Waals surface area (Å²) >= 11 is 0. The van der Waals surface area contributed by atoms with Crippen molar-refractivity contribution in [2.24, 2.45) is 0 Å². The molecular weight excluding hydrogens is 264 g/mol. The summed E-state index contributed by atoms with van der Waals surface area (Å²) in [4.78, 5) is 26.7. The summed E-state index contributed by atoms with van der Waals surface area (Å²) in [5, 5.41) is 2.90. The maximum Gasteiger partial charge on any atom is 0.245 e. The van der Waals surface area contributed by atoms with Gasteiger partial charge < -0.3 is 10.2 Å². The number of carbonyl (C=O) groups is 2. The molecule has 1 aromatic carbocycles. The quantitative estimate of drug-likeness (QED) is 0.872. The zero-order valence-corrected chi connectivity index (χ0v) is 12.8. The summed E-state index contributed by atoms with van der Waals surface area (Å²) in [5.74, 6) is 0.0459. The molecule has 1 N–H and O–H groups in total. The average molecular weight is 288 g/mol. The number of rotatable bonds is 6. The van der Waals surface area contributed by atoms with Gasteiger partial charge in [0, 0.05) is 13.0 Å². The lowest BCUT2D eigenvalue weighted by Crippen LogP contribution is -2.63. The molecule has 2 amide bonds. The van der Waals surface area contributed by atoms with Gasteiger partial charge >= 0.3 is 0 Å². The van der Waals surface area contributed by atoms with E-state index in [9.17, 15) is 9.59 Å². The second-order valence-corrected chi connectivity index (χ2v) is 5.59. The van der Waals surface area contributed by atoms with Crippen LogP contribution in [0.1, 0.15) is 38.7 Å². The minimum atomic E-state index is -0.382. The predicted octanol–water partition coefficient (Wildman–Crippen LogP) is 2.13. The standard InChI is InChI=1S/C17H24N2O2/c1-3-8-14-17(21)19(11-4-2)15(16(20)18-14)12-13-9-6-5-7-10-13/h5-7,9-10,14-15H,3-4,8,11-12H2,1-2H3,(H,18,20). The molecule has 4 nitrogen and oxygen atoms in total. The molecule has 2 unspecified atom stereocenters. The highest BCUT2D eigenvalue weighted by molar-refractivity contribution is 5.97. The molecule has 2 atom stereocenters. The first kappa shape index (κ1) is 15.5. The number of piperazine rings is 1. The number of benzene rings is 1. The molecule has 1 aromatic rings. The number of hydrogen-bond acceptors (Lipinski definition) is 2. The zero-order chi connectivity index (χ0) is 15.2. The SMILES string of the molecule is CCCC1NC(=O)C(Cc2ccccc2)N(CCC)C1=O. The minimum absolute atomic E-state index is 0.0228. The lowest BCUT2D eigenvalue weighted by molar-refractivity contribution is -0.149. The molecule has 1 heterocycles. The van der Waals surface area contributed by atoms with E-state index in [1.54, 1.807) is 4.90 Å². The number of amides is 2. The van der Waals surface area contributed by atoms with Crippen LogP contribution in [0.4, 0.5) is 0 Å². The van der Waals surface area contributed by atoms with E-state index in [0.29, 0.717) is 19.4 Å². The second kappa shape index (κ2) is 7.25. The van der Waals surface area contributed by atoms with Crippen LogP contribution >= 0.6 is 0 Å². The van der Waals surface area contributed by atoms with Crippen molar-refractivity contribution in [2.45, 2.75) is 51.6 Å². The van der Waals surface area contributed by atoms with Gasteiger partial charge in [-0.15, -0.1) is 0 Å². The van der Waals surface area contributed by atoms with Gasteiger partial charge in [0.05, 0.1) is 0 Å². The molecule has 0 bridgehead atoms. The Bertz CT molecular complexity index is 487. The van der Waals surface area contributed by atoms with E-state index < -0.39 is 0 Å². The van der Waals surface area contributed by atoms with Crippen molar-refractivity contribution in [2.75, 3.05) is 6.54 Å². The van der Waals surface area contributed by atoms with Crippen LogP contribution in [-0.4, -0.2) is 35.3 Å². The molecule has 0 saturated carbocycles. The van der Waals surface area contributed by atoms with Crippen molar-refractivity contribution in [3.8, 4) is 0 Å². The van der Waals surface area contributed by atoms with Crippen LogP contribution in [0.2, 0.25) is 0 Å². The van der Waals surface area contributed by atoms with E-state index in [1.807, 2.05) is 44.2 Å². The highest BCUT2D eigenvalue weighted by Crippen LogP contribution is 2.17. The van der Waals surface area contributed by atoms with Crippen molar-refractivity contribution >= 4 is 11.8 Å². The fourth-order valence-electron chi connectivity index (χ4n) is 2.86. The second-order valence-electron chi connectivity index (χ2n) is 5.59. The van der Waals surface area contributed by atoms with E-state index in [1.165, 1.54) is 0 Å². The van der Waals surface area contributed by atoms with Crippen molar-refractivity contribution in [1.29, 1.82) is 0 Å². The molecule has 2 rings (SSSR count). The molecule has 114 valence electrons. The van der Waals surface area contributed by atoms with Gasteiger partial charge in [0.15, 0.2) is 0 Å². The molecule has 0 radical (unpaired) electrons. The van der Waals surface area contributed by atoms with Crippen LogP contribution in [0.5, 0.6) is 0 Å². The Morgan fingerprint density at radius 1 is 1.10 bits per heavy atom. The Morgan fingerprint density at radius 3 is 2.43 bits per heavy atom. The van der Waals surface area contributed by atoms with Gasteiger partial charge in [0.25, 0.3) is 0 Å². The van der Waals surface area contributed by atoms with Gasteiger partial charge in [0.2, 0.25) is 11.8 Å². The lowest BCUT2D eigenvalue weighted by Gasteiger charge is -2.39. The first-order valence-corrected chi connectivity index (χ1v) is 7.82. The van der Waals surface area contributed by atoms with Gasteiger partial charge in [-0.2, -0.15) is 0 Å². The number of carbonyl (C=O) groups excluding carboxylic acids is 2. The maximum atomic E-state index is 12.6. The van der Waals surface area contributed by atoms with Crippen LogP contribution in [0.15, 0.2) is 30.3 Å². The summed E-state index contributed by atoms with van der Waals surface area (Å²) < 4.78 is 0. The van der Waals surface area contributed by atoms with E-state index in [2.05, 4.69) is 5.32 Å². The van der Waals surface area contributed by atoms with Crippen molar-refractivity contribution in [1.82, 2.24) is 10.2 Å². The topological polar surface area (TPSA) is 49.4 Å². The van der Waals surface area contributed by atoms with Crippen molar-refractivity contribution in [3.05, 3.63) is 35.9 Å². The van der Waals surface area contributed by atoms with Gasteiger partial charge in [-0.05, 0) is 18.4 Å². The molecule has 1 aliphatic rings. The third-order valence-corrected chi connectivity index (χ3v) is 3.89. The fourth-order valence-corrected chi connectivity index (χ4v) is 2.86. The number of nitrogens with zero attached hydrogens (tertiary/aromatic N) is 1. The summed E-state index contributed by atoms with van der Waals surface area (Å²) in [6.07, 6.45) is 3.04. The molecule has 0 aliphatic carbocycles. The average Bonchev–Trinajstić information content (AvgIpc) is 2.49. The monoisotopic (exact) mass is 288 g/mol. The molecule has 1 saturated heterocycles. The Labute approximate surface area is 126 Å². The Morgan fingerprint density at radius 2 is 1.81 bits per heavy atom. The largest absolute Gasteiger partial charge is 0.342 e. The molecule has 1 fully saturated rings. The minimum Gasteiger partial charge on any atom is -0.342 e. The van der Waals surface area contributed by atoms with Crippen LogP contribution in [0.25, 0.3) is 0 Å². The lowest BCUT2D eigenvalue weighted by atomic mass is 9.98. The van der Waals surface area contributed by atoms with Gasteiger partial charge in [0.1, 0.15) is 12.1 Å². The highest BCUT2D eigenvalue weighted by atomic mass is 16.2. The van der Waals surface area contributed by atoms with E-state index >= 15 is 0 Å². The number of nitrogens with one attached hydrogen (secondary N) is 1. The van der Waals surface area contributed by atoms with E-state index in [-0.39, 0.29) is 23.9 Å². The highest BCUT2D eigenvalue weighted by Gasteiger charge is 2.39. The van der Waals surface area contributed by atoms with Gasteiger partial charge in [-0.1, -0.05) is 50.6 Å². The fraction of sp³-hybridized carbons (Fsp3) is 0.529. The Kier molecular flexibility index (Phi) is 5.37. The third kappa shape index (κ3) is 3.63. The van der Waals surface area contributed by atoms with Crippen LogP contribution in [0, 0.1) is 0 Å². The molecule has 0 aromatic heterocycles. The smallest absolute Gasteiger partial charge is 0.245 e. The molecule has 1 aliphatic heterocycles. The molecule has 4 heteroatoms. The summed E-state index contributed by atoms with van der Waals surface area (Å²) in [7, 11) is 0. The van der Waals surface area contributed by atoms with E-state index in [4.69, 9.17) is 0 Å². The predicted molar refractivity (Wildman–Crippen MR) is 82.8 cm³/mol. The van der Waals surface area contributed by atoms with Crippen molar-refractivity contribution in [3.63, 3.8) is 0 Å². The first-order chi connectivity index (χ1) is 10.2. The molecular formula is C17H24N2O2. The van der Waals surface area contributed by atoms with Gasteiger partial charge in [-0.25, -0.2) is 0 Å². The summed E-state index contributed by atoms with van der Waals surface area (Å²) in [6.45, 7) is 4.71. The third-order valence-electron chi connectivity index (χ3n) is 3.89. The Hall–Kier alpha value is -1.84. The molecule has 21 heavy (non-hydrogen) atoms. The van der Waals surface area contributed by atoms with Gasteiger partial charge in [-0.3, -0.25) is 9.59 Å². The normalized spacial score (nSPS) is 22.3. The van der Waals surface area contributed by atoms with Crippen LogP contribution < -0.4 is 5.32 Å². The van der Waals surface area contributed by atoms with Crippen molar-refractivity contribution < 1.29 is 9.59 Å². The van der Waals surface area contributed by atoms with Crippen LogP contribution in [0.3, 0.4) is 0 Å². The van der Waals surface area contributed by atoms with E-state index in [0.717, 1.165) is 18.4 Å². The summed E-state index contributed by atoms with van der Waals surface area (Å²) in [5.41, 5.74) is 1.08. The van der Waals surface area contributed by atoms with Crippen LogP contribution in [-0.2, 0) is 16.0 Å².